The molecule has 4 nitrogen and oxygen atoms in total. The number of hydrogen-bond acceptors (Lipinski definition) is 3. The number of para-hydroxylation sites is 1. The van der Waals surface area contributed by atoms with Gasteiger partial charge in [0.05, 0.1) is 16.9 Å². The van der Waals surface area contributed by atoms with E-state index in [0.29, 0.717) is 0 Å². The first-order valence-corrected chi connectivity index (χ1v) is 12.3. The number of carbonyl (C=O) groups is 1. The van der Waals surface area contributed by atoms with E-state index >= 15 is 0 Å². The first kappa shape index (κ1) is 21.8. The average Bonchev–Trinajstić information content (AvgIpc) is 3.00. The minimum absolute atomic E-state index is 0.530. The zero-order valence-corrected chi connectivity index (χ0v) is 19.3. The van der Waals surface area contributed by atoms with E-state index in [0.717, 1.165) is 22.7 Å². The summed E-state index contributed by atoms with van der Waals surface area (Å²) in [5, 5.41) is 2.05. The molecule has 0 saturated carbocycles. The number of nitrogens with zero attached hydrogens (tertiary/aromatic N) is 1. The van der Waals surface area contributed by atoms with Crippen molar-refractivity contribution < 1.29 is 14.1 Å². The molecule has 1 saturated heterocycles. The van der Waals surface area contributed by atoms with Crippen LogP contribution >= 0.6 is 7.29 Å². The van der Waals surface area contributed by atoms with Gasteiger partial charge < -0.3 is 9.31 Å². The fourth-order valence-corrected chi connectivity index (χ4v) is 8.13. The molecule has 1 heterocycles. The third-order valence-electron chi connectivity index (χ3n) is 6.31. The van der Waals surface area contributed by atoms with Crippen LogP contribution in [0.1, 0.15) is 27.7 Å². The molecular weight excluding hydrogens is 404 g/mol. The Morgan fingerprint density at radius 2 is 1.10 bits per heavy atom. The predicted molar refractivity (Wildman–Crippen MR) is 130 cm³/mol. The molecule has 3 aromatic carbocycles. The van der Waals surface area contributed by atoms with Gasteiger partial charge in [0.25, 0.3) is 0 Å². The van der Waals surface area contributed by atoms with Crippen molar-refractivity contribution in [2.45, 2.75) is 38.9 Å². The van der Waals surface area contributed by atoms with Gasteiger partial charge in [-0.1, -0.05) is 54.6 Å². The molecule has 0 atom stereocenters. The van der Waals surface area contributed by atoms with Crippen LogP contribution in [-0.4, -0.2) is 24.5 Å². The fourth-order valence-electron chi connectivity index (χ4n) is 3.92. The van der Waals surface area contributed by atoms with Crippen molar-refractivity contribution in [3.05, 3.63) is 91.0 Å². The van der Waals surface area contributed by atoms with Gasteiger partial charge in [0.2, 0.25) is 6.41 Å². The molecule has 0 aliphatic carbocycles. The Morgan fingerprint density at radius 1 is 0.710 bits per heavy atom. The fraction of sp³-hybridized carbons (Fsp3) is 0.240. The van der Waals surface area contributed by atoms with E-state index in [1.54, 1.807) is 0 Å². The molecule has 1 aliphatic heterocycles. The van der Waals surface area contributed by atoms with Crippen LogP contribution in [-0.2, 0) is 14.1 Å². The lowest BCUT2D eigenvalue weighted by Crippen LogP contribution is -2.47. The largest absolute Gasteiger partial charge is 0.706 e. The van der Waals surface area contributed by atoms with Crippen molar-refractivity contribution in [3.8, 4) is 0 Å². The highest BCUT2D eigenvalue weighted by atomic mass is 31.2. The molecule has 0 N–H and O–H groups in total. The van der Waals surface area contributed by atoms with Crippen molar-refractivity contribution in [2.75, 3.05) is 4.67 Å². The van der Waals surface area contributed by atoms with Gasteiger partial charge in [-0.25, -0.2) is 0 Å². The van der Waals surface area contributed by atoms with Gasteiger partial charge in [-0.3, -0.25) is 4.79 Å². The second kappa shape index (κ2) is 8.24. The molecule has 31 heavy (non-hydrogen) atoms. The molecule has 1 amide bonds. The maximum absolute atomic E-state index is 12.8. The van der Waals surface area contributed by atoms with Gasteiger partial charge in [0, 0.05) is 0 Å². The molecule has 0 bridgehead atoms. The highest BCUT2D eigenvalue weighted by molar-refractivity contribution is 8.14. The zero-order valence-electron chi connectivity index (χ0n) is 18.4. The second-order valence-corrected chi connectivity index (χ2v) is 12.0. The van der Waals surface area contributed by atoms with Crippen molar-refractivity contribution >= 4 is 36.8 Å². The number of amides is 1. The molecule has 4 rings (SSSR count). The number of carbonyl (C=O) groups excluding carboxylic acids is 1. The van der Waals surface area contributed by atoms with Crippen molar-refractivity contribution in [3.63, 3.8) is 0 Å². The Labute approximate surface area is 185 Å². The van der Waals surface area contributed by atoms with Crippen molar-refractivity contribution in [1.29, 1.82) is 0 Å². The highest BCUT2D eigenvalue weighted by Crippen LogP contribution is 2.66. The van der Waals surface area contributed by atoms with Gasteiger partial charge in [-0.15, -0.1) is 0 Å². The lowest BCUT2D eigenvalue weighted by molar-refractivity contribution is -0.106. The Bertz CT molecular complexity index is 973. The molecule has 1 aliphatic rings. The molecule has 0 aromatic heterocycles. The summed E-state index contributed by atoms with van der Waals surface area (Å²) in [5.41, 5.74) is -0.247. The van der Waals surface area contributed by atoms with Crippen LogP contribution in [0.3, 0.4) is 0 Å². The lowest BCUT2D eigenvalue weighted by atomic mass is 9.90. The van der Waals surface area contributed by atoms with Gasteiger partial charge >= 0.3 is 6.84 Å². The van der Waals surface area contributed by atoms with E-state index in [1.807, 2.05) is 99.1 Å². The van der Waals surface area contributed by atoms with E-state index in [9.17, 15) is 4.79 Å². The predicted octanol–water partition coefficient (Wildman–Crippen LogP) is 4.82. The summed E-state index contributed by atoms with van der Waals surface area (Å²) < 4.78 is 15.2. The molecular formula is C25H28BNO3P+. The minimum atomic E-state index is -2.72. The maximum Gasteiger partial charge on any atom is 0.706 e. The summed E-state index contributed by atoms with van der Waals surface area (Å²) in [5.74, 6) is 0. The van der Waals surface area contributed by atoms with E-state index in [1.165, 1.54) is 0 Å². The second-order valence-electron chi connectivity index (χ2n) is 8.71. The van der Waals surface area contributed by atoms with Crippen LogP contribution in [0.25, 0.3) is 0 Å². The van der Waals surface area contributed by atoms with Gasteiger partial charge in [0.15, 0.2) is 7.29 Å². The number of rotatable bonds is 6. The molecule has 1 fully saturated rings. The molecule has 6 heteroatoms. The van der Waals surface area contributed by atoms with E-state index in [4.69, 9.17) is 9.31 Å². The van der Waals surface area contributed by atoms with Crippen molar-refractivity contribution in [2.24, 2.45) is 0 Å². The summed E-state index contributed by atoms with van der Waals surface area (Å²) in [6, 6.07) is 30.1. The van der Waals surface area contributed by atoms with Crippen LogP contribution in [0.15, 0.2) is 91.0 Å². The first-order chi connectivity index (χ1) is 14.8. The smallest absolute Gasteiger partial charge is 0.365 e. The Hall–Kier alpha value is -2.46. The third kappa shape index (κ3) is 3.61. The lowest BCUT2D eigenvalue weighted by Gasteiger charge is -2.35. The van der Waals surface area contributed by atoms with Gasteiger partial charge in [0.1, 0.15) is 10.6 Å². The molecule has 158 valence electrons. The van der Waals surface area contributed by atoms with Crippen LogP contribution < -0.4 is 15.3 Å². The summed E-state index contributed by atoms with van der Waals surface area (Å²) in [6.07, 6.45) is 0.925. The van der Waals surface area contributed by atoms with Crippen LogP contribution in [0.2, 0.25) is 0 Å². The molecule has 0 unspecified atom stereocenters. The summed E-state index contributed by atoms with van der Waals surface area (Å²) in [7, 11) is -2.72. The highest BCUT2D eigenvalue weighted by Gasteiger charge is 2.72. The number of hydrogen-bond donors (Lipinski definition) is 0. The van der Waals surface area contributed by atoms with Crippen LogP contribution in [0, 0.1) is 0 Å². The number of anilines is 1. The standard InChI is InChI=1S/C25H28BNO3P/c1-24(2)25(3,4)30-26(29-24)31(22-16-10-6-11-17-22,23-18-12-7-13-19-23)27(20-28)21-14-8-5-9-15-21/h5-20H,1-4H3/q+1. The van der Waals surface area contributed by atoms with E-state index < -0.39 is 25.3 Å². The molecule has 0 radical (unpaired) electrons. The monoisotopic (exact) mass is 432 g/mol. The average molecular weight is 432 g/mol. The summed E-state index contributed by atoms with van der Waals surface area (Å²) >= 11 is 0. The first-order valence-electron chi connectivity index (χ1n) is 10.5. The molecule has 0 spiro atoms. The number of benzene rings is 3. The SMILES string of the molecule is CC1(C)OB([P+](c2ccccc2)(c2ccccc2)N(C=O)c2ccccc2)OC1(C)C. The van der Waals surface area contributed by atoms with Gasteiger partial charge in [-0.05, 0) is 64.1 Å². The maximum atomic E-state index is 12.8. The van der Waals surface area contributed by atoms with Gasteiger partial charge in [-0.2, -0.15) is 4.67 Å². The summed E-state index contributed by atoms with van der Waals surface area (Å²) in [4.78, 5) is 12.8. The van der Waals surface area contributed by atoms with E-state index in [-0.39, 0.29) is 0 Å². The Morgan fingerprint density at radius 3 is 1.48 bits per heavy atom. The quantitative estimate of drug-likeness (QED) is 0.319. The zero-order chi connectivity index (χ0) is 22.1. The normalized spacial score (nSPS) is 17.4. The topological polar surface area (TPSA) is 38.8 Å². The minimum Gasteiger partial charge on any atom is -0.365 e. The van der Waals surface area contributed by atoms with Crippen molar-refractivity contribution in [1.82, 2.24) is 0 Å². The molecule has 3 aromatic rings. The third-order valence-corrected chi connectivity index (χ3v) is 10.3. The van der Waals surface area contributed by atoms with E-state index in [2.05, 4.69) is 24.3 Å². The Kier molecular flexibility index (Phi) is 5.78. The van der Waals surface area contributed by atoms with Crippen LogP contribution in [0.5, 0.6) is 0 Å². The van der Waals surface area contributed by atoms with Crippen LogP contribution in [0.4, 0.5) is 5.69 Å². The Balaban J connectivity index is 2.05. The summed E-state index contributed by atoms with van der Waals surface area (Å²) in [6.45, 7) is 7.57.